The average Bonchev–Trinajstić information content (AvgIpc) is 3.13. The molecule has 0 radical (unpaired) electrons. The molecular formula is C13H15ClN2OS2. The van der Waals surface area contributed by atoms with Crippen LogP contribution in [0.25, 0.3) is 0 Å². The summed E-state index contributed by atoms with van der Waals surface area (Å²) in [4.78, 5) is 2.31. The van der Waals surface area contributed by atoms with E-state index in [1.165, 1.54) is 19.3 Å². The summed E-state index contributed by atoms with van der Waals surface area (Å²) in [6, 6.07) is 5.83. The highest BCUT2D eigenvalue weighted by Gasteiger charge is 2.45. The molecule has 3 aliphatic rings. The number of rotatable bonds is 3. The van der Waals surface area contributed by atoms with Gasteiger partial charge in [-0.2, -0.15) is 0 Å². The lowest BCUT2D eigenvalue weighted by atomic mass is 9.95. The molecule has 1 aromatic rings. The molecule has 4 heterocycles. The Morgan fingerprint density at radius 3 is 3.05 bits per heavy atom. The molecule has 2 fully saturated rings. The van der Waals surface area contributed by atoms with Gasteiger partial charge in [0, 0.05) is 24.3 Å². The van der Waals surface area contributed by atoms with E-state index in [1.54, 1.807) is 23.1 Å². The maximum absolute atomic E-state index is 6.21. The second-order valence-corrected chi connectivity index (χ2v) is 7.83. The average molecular weight is 315 g/mol. The lowest BCUT2D eigenvalue weighted by Gasteiger charge is -2.34. The Bertz CT molecular complexity index is 493. The number of ether oxygens (including phenoxy) is 1. The van der Waals surface area contributed by atoms with Crippen molar-refractivity contribution in [3.05, 3.63) is 28.1 Å². The molecule has 2 saturated heterocycles. The maximum Gasteiger partial charge on any atom is 0.227 e. The first-order chi connectivity index (χ1) is 9.29. The fourth-order valence-corrected chi connectivity index (χ4v) is 5.12. The Hall–Kier alpha value is -0.360. The van der Waals surface area contributed by atoms with E-state index < -0.39 is 0 Å². The van der Waals surface area contributed by atoms with Gasteiger partial charge in [-0.15, -0.1) is 11.3 Å². The lowest BCUT2D eigenvalue weighted by Crippen LogP contribution is -2.45. The van der Waals surface area contributed by atoms with E-state index in [9.17, 15) is 0 Å². The first kappa shape index (κ1) is 12.4. The smallest absolute Gasteiger partial charge is 0.227 e. The molecule has 1 aromatic heterocycles. The monoisotopic (exact) mass is 314 g/mol. The predicted octanol–water partition coefficient (Wildman–Crippen LogP) is 3.39. The summed E-state index contributed by atoms with van der Waals surface area (Å²) in [6.07, 6.45) is 5.84. The zero-order chi connectivity index (χ0) is 12.8. The summed E-state index contributed by atoms with van der Waals surface area (Å²) in [5, 5.41) is 6.66. The van der Waals surface area contributed by atoms with E-state index in [0.29, 0.717) is 18.1 Å². The van der Waals surface area contributed by atoms with Crippen molar-refractivity contribution in [1.82, 2.24) is 10.2 Å². The van der Waals surface area contributed by atoms with Gasteiger partial charge in [-0.3, -0.25) is 0 Å². The molecule has 0 aliphatic carbocycles. The van der Waals surface area contributed by atoms with E-state index in [4.69, 9.17) is 16.3 Å². The highest BCUT2D eigenvalue weighted by Crippen LogP contribution is 2.42. The first-order valence-corrected chi connectivity index (χ1v) is 8.71. The molecule has 0 amide bonds. The van der Waals surface area contributed by atoms with Crippen molar-refractivity contribution >= 4 is 34.7 Å². The van der Waals surface area contributed by atoms with Gasteiger partial charge in [0.05, 0.1) is 4.36 Å². The number of halogens is 1. The molecular weight excluding hydrogens is 300 g/mol. The third-order valence-electron chi connectivity index (χ3n) is 4.07. The molecule has 4 rings (SSSR count). The highest BCUT2D eigenvalue weighted by molar-refractivity contribution is 8.05. The van der Waals surface area contributed by atoms with Crippen LogP contribution in [0, 0.1) is 0 Å². The Labute approximate surface area is 125 Å². The van der Waals surface area contributed by atoms with Gasteiger partial charge in [0.1, 0.15) is 0 Å². The number of fused-ring (bicyclic) bond motifs is 2. The van der Waals surface area contributed by atoms with Crippen LogP contribution < -0.4 is 10.1 Å². The van der Waals surface area contributed by atoms with Crippen molar-refractivity contribution in [1.29, 1.82) is 0 Å². The molecule has 1 unspecified atom stereocenters. The minimum Gasteiger partial charge on any atom is -0.451 e. The van der Waals surface area contributed by atoms with Crippen LogP contribution in [0.1, 0.15) is 19.3 Å². The zero-order valence-electron chi connectivity index (χ0n) is 10.3. The van der Waals surface area contributed by atoms with E-state index in [2.05, 4.69) is 16.4 Å². The van der Waals surface area contributed by atoms with Gasteiger partial charge >= 0.3 is 0 Å². The van der Waals surface area contributed by atoms with Crippen LogP contribution in [-0.4, -0.2) is 28.6 Å². The summed E-state index contributed by atoms with van der Waals surface area (Å²) >= 11 is 9.43. The molecule has 3 aliphatic heterocycles. The van der Waals surface area contributed by atoms with Crippen LogP contribution >= 0.6 is 34.7 Å². The number of hydrogen-bond acceptors (Lipinski definition) is 5. The summed E-state index contributed by atoms with van der Waals surface area (Å²) in [7, 11) is 0. The largest absolute Gasteiger partial charge is 0.451 e. The van der Waals surface area contributed by atoms with Gasteiger partial charge < -0.3 is 15.0 Å². The fraction of sp³-hybridized carbons (Fsp3) is 0.538. The van der Waals surface area contributed by atoms with Gasteiger partial charge in [-0.25, -0.2) is 0 Å². The highest BCUT2D eigenvalue weighted by atomic mass is 35.5. The van der Waals surface area contributed by atoms with Gasteiger partial charge in [-0.1, -0.05) is 11.6 Å². The maximum atomic E-state index is 6.21. The van der Waals surface area contributed by atoms with Crippen molar-refractivity contribution < 1.29 is 4.74 Å². The molecule has 6 heteroatoms. The first-order valence-electron chi connectivity index (χ1n) is 6.57. The van der Waals surface area contributed by atoms with Crippen molar-refractivity contribution in [2.24, 2.45) is 0 Å². The third-order valence-corrected chi connectivity index (χ3v) is 6.06. The van der Waals surface area contributed by atoms with Crippen LogP contribution in [0.2, 0.25) is 0 Å². The normalized spacial score (nSPS) is 36.9. The second-order valence-electron chi connectivity index (χ2n) is 5.21. The Morgan fingerprint density at radius 1 is 1.42 bits per heavy atom. The van der Waals surface area contributed by atoms with Crippen molar-refractivity contribution in [2.75, 3.05) is 0 Å². The van der Waals surface area contributed by atoms with Crippen LogP contribution in [0.4, 0.5) is 0 Å². The fourth-order valence-electron chi connectivity index (χ4n) is 3.26. The van der Waals surface area contributed by atoms with Crippen LogP contribution in [0.15, 0.2) is 28.1 Å². The van der Waals surface area contributed by atoms with E-state index in [-0.39, 0.29) is 5.56 Å². The summed E-state index contributed by atoms with van der Waals surface area (Å²) in [6.45, 7) is 0. The summed E-state index contributed by atoms with van der Waals surface area (Å²) in [5.41, 5.74) is -0.0164. The van der Waals surface area contributed by atoms with E-state index >= 15 is 0 Å². The number of hydrogen-bond donors (Lipinski definition) is 1. The minimum absolute atomic E-state index is 0.0164. The molecule has 4 atom stereocenters. The van der Waals surface area contributed by atoms with Gasteiger partial charge in [0.2, 0.25) is 5.56 Å². The van der Waals surface area contributed by atoms with Crippen LogP contribution in [0.3, 0.4) is 0 Å². The standard InChI is InChI=1S/C13H15ClN2OS2/c14-11-7-16(10-6-8-3-4-9(10)15-8)13(19-11)17-12-2-1-5-18-12/h1-2,5,7-10,13,15H,3-4,6H2/t8-,9+,10-,13?/m1/s1. The summed E-state index contributed by atoms with van der Waals surface area (Å²) < 4.78 is 6.88. The van der Waals surface area contributed by atoms with Gasteiger partial charge in [-0.05, 0) is 48.5 Å². The molecule has 0 saturated carbocycles. The van der Waals surface area contributed by atoms with Crippen LogP contribution in [-0.2, 0) is 0 Å². The SMILES string of the molecule is ClC1=CN([C@@H]2C[C@H]3CC[C@@H]2N3)C(Oc2cccs2)S1. The molecule has 3 nitrogen and oxygen atoms in total. The molecule has 1 N–H and O–H groups in total. The molecule has 2 bridgehead atoms. The molecule has 19 heavy (non-hydrogen) atoms. The van der Waals surface area contributed by atoms with Gasteiger partial charge in [0.25, 0.3) is 0 Å². The van der Waals surface area contributed by atoms with Crippen molar-refractivity contribution in [2.45, 2.75) is 42.9 Å². The number of nitrogens with one attached hydrogen (secondary N) is 1. The lowest BCUT2D eigenvalue weighted by molar-refractivity contribution is 0.0978. The van der Waals surface area contributed by atoms with Crippen LogP contribution in [0.5, 0.6) is 5.06 Å². The molecule has 102 valence electrons. The molecule has 0 aromatic carbocycles. The van der Waals surface area contributed by atoms with Crippen molar-refractivity contribution in [3.63, 3.8) is 0 Å². The predicted molar refractivity (Wildman–Crippen MR) is 80.5 cm³/mol. The quantitative estimate of drug-likeness (QED) is 0.924. The Morgan fingerprint density at radius 2 is 2.37 bits per heavy atom. The Kier molecular flexibility index (Phi) is 3.18. The van der Waals surface area contributed by atoms with Gasteiger partial charge in [0.15, 0.2) is 5.06 Å². The Balaban J connectivity index is 1.52. The van der Waals surface area contributed by atoms with E-state index in [1.807, 2.05) is 17.5 Å². The minimum atomic E-state index is -0.0164. The number of thioether (sulfide) groups is 1. The van der Waals surface area contributed by atoms with Crippen molar-refractivity contribution in [3.8, 4) is 5.06 Å². The number of nitrogens with zero attached hydrogens (tertiary/aromatic N) is 1. The van der Waals surface area contributed by atoms with E-state index in [0.717, 1.165) is 9.43 Å². The third kappa shape index (κ3) is 2.27. The summed E-state index contributed by atoms with van der Waals surface area (Å²) in [5.74, 6) is 0. The second kappa shape index (κ2) is 4.88. The zero-order valence-corrected chi connectivity index (χ0v) is 12.7. The molecule has 0 spiro atoms. The topological polar surface area (TPSA) is 24.5 Å². The number of thiophene rings is 1.